The van der Waals surface area contributed by atoms with Crippen LogP contribution in [0.2, 0.25) is 0 Å². The summed E-state index contributed by atoms with van der Waals surface area (Å²) in [7, 11) is -2.66. The van der Waals surface area contributed by atoms with Gasteiger partial charge in [0.1, 0.15) is 22.0 Å². The Morgan fingerprint density at radius 2 is 2.05 bits per heavy atom. The van der Waals surface area contributed by atoms with Gasteiger partial charge in [0.25, 0.3) is 5.91 Å². The Morgan fingerprint density at radius 1 is 1.36 bits per heavy atom. The Bertz CT molecular complexity index is 807. The van der Waals surface area contributed by atoms with E-state index in [1.807, 2.05) is 0 Å². The molecule has 0 saturated heterocycles. The molecule has 2 rings (SSSR count). The molecular formula is C13H15N3O5S. The highest BCUT2D eigenvalue weighted by Crippen LogP contribution is 2.26. The minimum absolute atomic E-state index is 0.0952. The van der Waals surface area contributed by atoms with Crippen molar-refractivity contribution in [2.75, 3.05) is 12.4 Å². The average molecular weight is 325 g/mol. The van der Waals surface area contributed by atoms with Crippen molar-refractivity contribution >= 4 is 21.6 Å². The number of ether oxygens (including phenoxy) is 1. The van der Waals surface area contributed by atoms with Crippen molar-refractivity contribution in [1.82, 2.24) is 5.16 Å². The first-order valence-corrected chi connectivity index (χ1v) is 7.73. The highest BCUT2D eigenvalue weighted by atomic mass is 32.2. The van der Waals surface area contributed by atoms with Gasteiger partial charge in [0, 0.05) is 5.69 Å². The molecule has 0 aliphatic heterocycles. The summed E-state index contributed by atoms with van der Waals surface area (Å²) in [6, 6.07) is 4.14. The normalized spacial score (nSPS) is 11.3. The number of hydrogen-bond donors (Lipinski definition) is 2. The zero-order valence-electron chi connectivity index (χ0n) is 12.2. The maximum absolute atomic E-state index is 12.2. The van der Waals surface area contributed by atoms with Crippen molar-refractivity contribution in [2.24, 2.45) is 5.14 Å². The summed E-state index contributed by atoms with van der Waals surface area (Å²) in [6.45, 7) is 3.24. The molecule has 0 aliphatic rings. The summed E-state index contributed by atoms with van der Waals surface area (Å²) in [4.78, 5) is 12.0. The second kappa shape index (κ2) is 5.78. The summed E-state index contributed by atoms with van der Waals surface area (Å²) < 4.78 is 33.0. The van der Waals surface area contributed by atoms with Crippen LogP contribution in [0.5, 0.6) is 5.75 Å². The quantitative estimate of drug-likeness (QED) is 0.870. The number of benzene rings is 1. The van der Waals surface area contributed by atoms with E-state index in [0.717, 1.165) is 0 Å². The number of anilines is 1. The van der Waals surface area contributed by atoms with Crippen LogP contribution in [0.25, 0.3) is 0 Å². The van der Waals surface area contributed by atoms with E-state index < -0.39 is 15.9 Å². The van der Waals surface area contributed by atoms with Crippen LogP contribution in [-0.2, 0) is 10.0 Å². The minimum atomic E-state index is -3.98. The van der Waals surface area contributed by atoms with Crippen molar-refractivity contribution in [3.8, 4) is 5.75 Å². The van der Waals surface area contributed by atoms with Crippen LogP contribution >= 0.6 is 0 Å². The van der Waals surface area contributed by atoms with E-state index in [-0.39, 0.29) is 16.3 Å². The molecule has 118 valence electrons. The Labute approximate surface area is 127 Å². The zero-order valence-corrected chi connectivity index (χ0v) is 13.0. The molecule has 0 unspecified atom stereocenters. The Hall–Kier alpha value is -2.39. The SMILES string of the molecule is COc1ccc(NC(=O)c2c(C)noc2C)cc1S(N)(=O)=O. The number of methoxy groups -OCH3 is 1. The van der Waals surface area contributed by atoms with E-state index in [4.69, 9.17) is 14.4 Å². The molecule has 0 fully saturated rings. The lowest BCUT2D eigenvalue weighted by Crippen LogP contribution is -2.16. The molecule has 9 heteroatoms. The van der Waals surface area contributed by atoms with Crippen LogP contribution in [0.1, 0.15) is 21.8 Å². The summed E-state index contributed by atoms with van der Waals surface area (Å²) in [5.74, 6) is 0.00908. The highest BCUT2D eigenvalue weighted by Gasteiger charge is 2.20. The molecule has 0 aliphatic carbocycles. The van der Waals surface area contributed by atoms with Gasteiger partial charge in [-0.3, -0.25) is 4.79 Å². The molecule has 0 atom stereocenters. The van der Waals surface area contributed by atoms with E-state index in [1.54, 1.807) is 13.8 Å². The highest BCUT2D eigenvalue weighted by molar-refractivity contribution is 7.89. The maximum atomic E-state index is 12.2. The predicted octanol–water partition coefficient (Wildman–Crippen LogP) is 1.20. The molecular weight excluding hydrogens is 310 g/mol. The number of primary sulfonamides is 1. The summed E-state index contributed by atoms with van der Waals surface area (Å²) in [5, 5.41) is 11.4. The number of hydrogen-bond acceptors (Lipinski definition) is 6. The molecule has 1 aromatic carbocycles. The Balaban J connectivity index is 2.37. The van der Waals surface area contributed by atoms with Gasteiger partial charge in [-0.15, -0.1) is 0 Å². The first-order valence-electron chi connectivity index (χ1n) is 6.19. The maximum Gasteiger partial charge on any atom is 0.261 e. The van der Waals surface area contributed by atoms with Gasteiger partial charge in [0.2, 0.25) is 10.0 Å². The Kier molecular flexibility index (Phi) is 4.20. The average Bonchev–Trinajstić information content (AvgIpc) is 2.77. The number of aryl methyl sites for hydroxylation is 2. The fourth-order valence-corrected chi connectivity index (χ4v) is 2.70. The number of nitrogens with zero attached hydrogens (tertiary/aromatic N) is 1. The molecule has 3 N–H and O–H groups in total. The van der Waals surface area contributed by atoms with Crippen molar-refractivity contribution in [3.05, 3.63) is 35.2 Å². The molecule has 22 heavy (non-hydrogen) atoms. The smallest absolute Gasteiger partial charge is 0.261 e. The number of carbonyl (C=O) groups is 1. The lowest BCUT2D eigenvalue weighted by atomic mass is 10.2. The number of aromatic nitrogens is 1. The van der Waals surface area contributed by atoms with E-state index in [1.165, 1.54) is 25.3 Å². The molecule has 0 bridgehead atoms. The summed E-state index contributed by atoms with van der Waals surface area (Å²) in [6.07, 6.45) is 0. The molecule has 1 heterocycles. The monoisotopic (exact) mass is 325 g/mol. The van der Waals surface area contributed by atoms with Gasteiger partial charge in [-0.1, -0.05) is 5.16 Å². The molecule has 0 radical (unpaired) electrons. The van der Waals surface area contributed by atoms with Gasteiger partial charge in [0.15, 0.2) is 0 Å². The van der Waals surface area contributed by atoms with Gasteiger partial charge >= 0.3 is 0 Å². The number of rotatable bonds is 4. The molecule has 0 saturated carbocycles. The lowest BCUT2D eigenvalue weighted by molar-refractivity contribution is 0.102. The lowest BCUT2D eigenvalue weighted by Gasteiger charge is -2.10. The van der Waals surface area contributed by atoms with Crippen LogP contribution in [-0.4, -0.2) is 26.6 Å². The standard InChI is InChI=1S/C13H15N3O5S/c1-7-12(8(2)21-16-7)13(17)15-9-4-5-10(20-3)11(6-9)22(14,18)19/h4-6H,1-3H3,(H,15,17)(H2,14,18,19). The molecule has 2 aromatic rings. The molecule has 0 spiro atoms. The van der Waals surface area contributed by atoms with Crippen molar-refractivity contribution in [3.63, 3.8) is 0 Å². The number of sulfonamides is 1. The summed E-state index contributed by atoms with van der Waals surface area (Å²) >= 11 is 0. The number of nitrogens with two attached hydrogens (primary N) is 1. The predicted molar refractivity (Wildman–Crippen MR) is 78.3 cm³/mol. The van der Waals surface area contributed by atoms with E-state index in [9.17, 15) is 13.2 Å². The van der Waals surface area contributed by atoms with E-state index in [0.29, 0.717) is 17.0 Å². The van der Waals surface area contributed by atoms with Crippen molar-refractivity contribution in [1.29, 1.82) is 0 Å². The first kappa shape index (κ1) is 16.0. The van der Waals surface area contributed by atoms with E-state index >= 15 is 0 Å². The van der Waals surface area contributed by atoms with Crippen molar-refractivity contribution < 1.29 is 22.5 Å². The third-order valence-corrected chi connectivity index (χ3v) is 3.92. The number of carbonyl (C=O) groups excluding carboxylic acids is 1. The van der Waals surface area contributed by atoms with Gasteiger partial charge in [-0.25, -0.2) is 13.6 Å². The van der Waals surface area contributed by atoms with Gasteiger partial charge in [0.05, 0.1) is 12.8 Å². The van der Waals surface area contributed by atoms with Crippen LogP contribution in [0.4, 0.5) is 5.69 Å². The topological polar surface area (TPSA) is 125 Å². The summed E-state index contributed by atoms with van der Waals surface area (Å²) in [5.41, 5.74) is 0.998. The van der Waals surface area contributed by atoms with E-state index in [2.05, 4.69) is 10.5 Å². The second-order valence-electron chi connectivity index (χ2n) is 4.56. The van der Waals surface area contributed by atoms with Crippen LogP contribution in [0.15, 0.2) is 27.6 Å². The van der Waals surface area contributed by atoms with Crippen LogP contribution < -0.4 is 15.2 Å². The largest absolute Gasteiger partial charge is 0.495 e. The first-order chi connectivity index (χ1) is 10.2. The molecule has 8 nitrogen and oxygen atoms in total. The fraction of sp³-hybridized carbons (Fsp3) is 0.231. The van der Waals surface area contributed by atoms with Gasteiger partial charge < -0.3 is 14.6 Å². The van der Waals surface area contributed by atoms with Crippen molar-refractivity contribution in [2.45, 2.75) is 18.7 Å². The number of nitrogens with one attached hydrogen (secondary N) is 1. The molecule has 1 aromatic heterocycles. The van der Waals surface area contributed by atoms with Gasteiger partial charge in [-0.05, 0) is 32.0 Å². The van der Waals surface area contributed by atoms with Gasteiger partial charge in [-0.2, -0.15) is 0 Å². The van der Waals surface area contributed by atoms with Crippen LogP contribution in [0.3, 0.4) is 0 Å². The second-order valence-corrected chi connectivity index (χ2v) is 6.09. The fourth-order valence-electron chi connectivity index (χ4n) is 1.98. The third-order valence-electron chi connectivity index (χ3n) is 2.99. The number of amides is 1. The third kappa shape index (κ3) is 3.10. The Morgan fingerprint density at radius 3 is 2.55 bits per heavy atom. The van der Waals surface area contributed by atoms with Crippen LogP contribution in [0, 0.1) is 13.8 Å². The zero-order chi connectivity index (χ0) is 16.5. The minimum Gasteiger partial charge on any atom is -0.495 e. The molecule has 1 amide bonds.